The molecule has 0 aromatic heterocycles. The van der Waals surface area contributed by atoms with E-state index in [0.717, 1.165) is 25.7 Å². The lowest BCUT2D eigenvalue weighted by molar-refractivity contribution is -0.138. The summed E-state index contributed by atoms with van der Waals surface area (Å²) in [6, 6.07) is 4.00. The van der Waals surface area contributed by atoms with Crippen LogP contribution in [0, 0.1) is 0 Å². The first-order valence-corrected chi connectivity index (χ1v) is 13.0. The first-order chi connectivity index (χ1) is 17.2. The van der Waals surface area contributed by atoms with Crippen LogP contribution in [0.1, 0.15) is 86.3 Å². The van der Waals surface area contributed by atoms with Gasteiger partial charge in [-0.3, -0.25) is 24.6 Å². The zero-order valence-corrected chi connectivity index (χ0v) is 20.5. The third-order valence-electron chi connectivity index (χ3n) is 8.42. The van der Waals surface area contributed by atoms with Crippen molar-refractivity contribution in [1.29, 1.82) is 0 Å². The highest BCUT2D eigenvalue weighted by Gasteiger charge is 2.50. The van der Waals surface area contributed by atoms with Crippen molar-refractivity contribution in [2.24, 2.45) is 0 Å². The maximum atomic E-state index is 13.7. The second-order valence-corrected chi connectivity index (χ2v) is 10.7. The molecule has 4 unspecified atom stereocenters. The Morgan fingerprint density at radius 3 is 2.53 bits per heavy atom. The van der Waals surface area contributed by atoms with E-state index < -0.39 is 24.0 Å². The molecule has 3 amide bonds. The summed E-state index contributed by atoms with van der Waals surface area (Å²) in [7, 11) is 1.90. The minimum Gasteiger partial charge on any atom is -0.508 e. The van der Waals surface area contributed by atoms with Crippen LogP contribution in [0.3, 0.4) is 0 Å². The van der Waals surface area contributed by atoms with Gasteiger partial charge in [0.05, 0.1) is 0 Å². The van der Waals surface area contributed by atoms with Crippen LogP contribution in [0.4, 0.5) is 8.78 Å². The Morgan fingerprint density at radius 1 is 1.08 bits per heavy atom. The molecule has 10 heteroatoms. The molecule has 1 aromatic carbocycles. The van der Waals surface area contributed by atoms with E-state index in [-0.39, 0.29) is 61.4 Å². The summed E-state index contributed by atoms with van der Waals surface area (Å²) in [5.74, 6) is -3.81. The van der Waals surface area contributed by atoms with Crippen LogP contribution < -0.4 is 10.6 Å². The lowest BCUT2D eigenvalue weighted by Gasteiger charge is -2.46. The standard InChI is InChI=1S/C26H34F2N4O4/c1-31(18-7-3-2-6-17(18)29-15-11-13-26(27,28)14-12-15)24-22-16(5-4-8-20(22)33)25(36)32(24)19-9-10-21(34)30-23(19)35/h4-5,8,15,17-19,24,29,33H,2-3,6-7,9-14H2,1H3,(H,30,34,35). The topological polar surface area (TPSA) is 102 Å². The Labute approximate surface area is 209 Å². The summed E-state index contributed by atoms with van der Waals surface area (Å²) >= 11 is 0. The molecular weight excluding hydrogens is 470 g/mol. The number of aromatic hydroxyl groups is 1. The molecule has 3 N–H and O–H groups in total. The molecule has 0 radical (unpaired) electrons. The van der Waals surface area contributed by atoms with Gasteiger partial charge < -0.3 is 15.3 Å². The highest BCUT2D eigenvalue weighted by Crippen LogP contribution is 2.45. The zero-order valence-electron chi connectivity index (χ0n) is 20.5. The lowest BCUT2D eigenvalue weighted by Crippen LogP contribution is -2.59. The third-order valence-corrected chi connectivity index (χ3v) is 8.42. The van der Waals surface area contributed by atoms with Crippen molar-refractivity contribution in [3.63, 3.8) is 0 Å². The summed E-state index contributed by atoms with van der Waals surface area (Å²) in [6.45, 7) is 0. The average molecular weight is 505 g/mol. The van der Waals surface area contributed by atoms with Crippen molar-refractivity contribution in [2.45, 2.75) is 100 Å². The number of nitrogens with one attached hydrogen (secondary N) is 2. The number of alkyl halides is 2. The van der Waals surface area contributed by atoms with Crippen LogP contribution in [-0.2, 0) is 9.59 Å². The number of nitrogens with zero attached hydrogens (tertiary/aromatic N) is 2. The highest BCUT2D eigenvalue weighted by molar-refractivity contribution is 6.06. The van der Waals surface area contributed by atoms with E-state index >= 15 is 0 Å². The number of imide groups is 1. The highest BCUT2D eigenvalue weighted by atomic mass is 19.3. The molecule has 5 rings (SSSR count). The Morgan fingerprint density at radius 2 is 1.81 bits per heavy atom. The Bertz CT molecular complexity index is 1040. The number of carbonyl (C=O) groups is 3. The van der Waals surface area contributed by atoms with E-state index in [0.29, 0.717) is 24.0 Å². The monoisotopic (exact) mass is 504 g/mol. The van der Waals surface area contributed by atoms with Crippen molar-refractivity contribution in [3.05, 3.63) is 29.3 Å². The van der Waals surface area contributed by atoms with Gasteiger partial charge in [-0.25, -0.2) is 8.78 Å². The van der Waals surface area contributed by atoms with Crippen molar-refractivity contribution in [1.82, 2.24) is 20.4 Å². The van der Waals surface area contributed by atoms with Gasteiger partial charge in [-0.2, -0.15) is 0 Å². The minimum atomic E-state index is -2.59. The van der Waals surface area contributed by atoms with Crippen LogP contribution in [0.5, 0.6) is 5.75 Å². The number of hydrogen-bond acceptors (Lipinski definition) is 6. The summed E-state index contributed by atoms with van der Waals surface area (Å²) in [6.07, 6.45) is 4.04. The number of piperidine rings is 1. The predicted octanol–water partition coefficient (Wildman–Crippen LogP) is 3.06. The zero-order chi connectivity index (χ0) is 25.6. The van der Waals surface area contributed by atoms with Crippen LogP contribution in [0.2, 0.25) is 0 Å². The maximum Gasteiger partial charge on any atom is 0.256 e. The van der Waals surface area contributed by atoms with Gasteiger partial charge in [0.2, 0.25) is 17.7 Å². The van der Waals surface area contributed by atoms with Gasteiger partial charge in [0, 0.05) is 48.5 Å². The van der Waals surface area contributed by atoms with E-state index in [4.69, 9.17) is 0 Å². The van der Waals surface area contributed by atoms with E-state index in [9.17, 15) is 28.3 Å². The smallest absolute Gasteiger partial charge is 0.256 e. The van der Waals surface area contributed by atoms with Crippen LogP contribution >= 0.6 is 0 Å². The summed E-state index contributed by atoms with van der Waals surface area (Å²) in [5, 5.41) is 16.8. The molecule has 2 aliphatic carbocycles. The molecule has 1 saturated heterocycles. The fourth-order valence-corrected chi connectivity index (χ4v) is 6.54. The fourth-order valence-electron chi connectivity index (χ4n) is 6.54. The third kappa shape index (κ3) is 4.61. The molecule has 2 aliphatic heterocycles. The molecule has 2 heterocycles. The van der Waals surface area contributed by atoms with Gasteiger partial charge in [0.25, 0.3) is 5.91 Å². The largest absolute Gasteiger partial charge is 0.508 e. The number of benzene rings is 1. The Balaban J connectivity index is 1.43. The minimum absolute atomic E-state index is 0.0117. The molecule has 1 aromatic rings. The van der Waals surface area contributed by atoms with Crippen molar-refractivity contribution >= 4 is 17.7 Å². The van der Waals surface area contributed by atoms with Crippen LogP contribution in [0.15, 0.2) is 18.2 Å². The average Bonchev–Trinajstić information content (AvgIpc) is 3.14. The molecule has 0 bridgehead atoms. The Hall–Kier alpha value is -2.59. The van der Waals surface area contributed by atoms with Gasteiger partial charge in [0.15, 0.2) is 0 Å². The van der Waals surface area contributed by atoms with Crippen molar-refractivity contribution in [2.75, 3.05) is 7.05 Å². The maximum absolute atomic E-state index is 13.7. The van der Waals surface area contributed by atoms with Gasteiger partial charge in [-0.15, -0.1) is 0 Å². The van der Waals surface area contributed by atoms with Gasteiger partial charge >= 0.3 is 0 Å². The SMILES string of the molecule is CN(C1CCCCC1NC1CCC(F)(F)CC1)C1c2c(O)cccc2C(=O)N1C1CCC(=O)NC1=O. The number of hydrogen-bond donors (Lipinski definition) is 3. The molecule has 196 valence electrons. The van der Waals surface area contributed by atoms with Crippen LogP contribution in [-0.4, -0.2) is 69.8 Å². The second kappa shape index (κ2) is 9.70. The molecule has 0 spiro atoms. The molecular formula is C26H34F2N4O4. The molecule has 2 saturated carbocycles. The number of phenols is 1. The number of fused-ring (bicyclic) bond motifs is 1. The number of halogens is 2. The van der Waals surface area contributed by atoms with E-state index in [1.54, 1.807) is 18.2 Å². The lowest BCUT2D eigenvalue weighted by atomic mass is 9.85. The number of phenolic OH excluding ortho intramolecular Hbond substituents is 1. The quantitative estimate of drug-likeness (QED) is 0.533. The van der Waals surface area contributed by atoms with E-state index in [1.807, 2.05) is 7.05 Å². The number of likely N-dealkylation sites (N-methyl/N-ethyl adjacent to an activating group) is 1. The first kappa shape index (κ1) is 25.1. The molecule has 36 heavy (non-hydrogen) atoms. The summed E-state index contributed by atoms with van der Waals surface area (Å²) < 4.78 is 27.4. The van der Waals surface area contributed by atoms with Gasteiger partial charge in [-0.05, 0) is 51.3 Å². The second-order valence-electron chi connectivity index (χ2n) is 10.7. The summed E-state index contributed by atoms with van der Waals surface area (Å²) in [5.41, 5.74) is 0.822. The molecule has 4 atom stereocenters. The number of rotatable bonds is 5. The van der Waals surface area contributed by atoms with Crippen molar-refractivity contribution in [3.8, 4) is 5.75 Å². The van der Waals surface area contributed by atoms with Gasteiger partial charge in [-0.1, -0.05) is 18.9 Å². The van der Waals surface area contributed by atoms with E-state index in [2.05, 4.69) is 15.5 Å². The first-order valence-electron chi connectivity index (χ1n) is 13.0. The number of carbonyl (C=O) groups excluding carboxylic acids is 3. The molecule has 8 nitrogen and oxygen atoms in total. The van der Waals surface area contributed by atoms with Crippen LogP contribution in [0.25, 0.3) is 0 Å². The molecule has 3 fully saturated rings. The normalized spacial score (nSPS) is 31.0. The fraction of sp³-hybridized carbons (Fsp3) is 0.654. The van der Waals surface area contributed by atoms with Gasteiger partial charge in [0.1, 0.15) is 18.0 Å². The molecule has 4 aliphatic rings. The van der Waals surface area contributed by atoms with Crippen molar-refractivity contribution < 1.29 is 28.3 Å². The predicted molar refractivity (Wildman–Crippen MR) is 127 cm³/mol. The van der Waals surface area contributed by atoms with E-state index in [1.165, 1.54) is 4.90 Å². The number of amides is 3. The summed E-state index contributed by atoms with van der Waals surface area (Å²) in [4.78, 5) is 41.7. The Kier molecular flexibility index (Phi) is 6.76.